The van der Waals surface area contributed by atoms with Gasteiger partial charge in [0.15, 0.2) is 0 Å². The van der Waals surface area contributed by atoms with Crippen molar-refractivity contribution in [2.24, 2.45) is 0 Å². The molecule has 3 rings (SSSR count). The summed E-state index contributed by atoms with van der Waals surface area (Å²) in [6.07, 6.45) is -5.06. The second kappa shape index (κ2) is 6.52. The van der Waals surface area contributed by atoms with Crippen molar-refractivity contribution in [1.29, 1.82) is 0 Å². The zero-order valence-corrected chi connectivity index (χ0v) is 13.4. The molecule has 0 bridgehead atoms. The highest BCUT2D eigenvalue weighted by Crippen LogP contribution is 2.37. The number of nitrogens with zero attached hydrogens (tertiary/aromatic N) is 3. The third-order valence-corrected chi connectivity index (χ3v) is 4.16. The quantitative estimate of drug-likeness (QED) is 0.855. The van der Waals surface area contributed by atoms with E-state index in [-0.39, 0.29) is 11.6 Å². The first-order valence-electron chi connectivity index (χ1n) is 7.68. The Hall–Kier alpha value is -1.93. The van der Waals surface area contributed by atoms with Gasteiger partial charge in [0, 0.05) is 20.0 Å². The second-order valence-electron chi connectivity index (χ2n) is 5.77. The van der Waals surface area contributed by atoms with Crippen LogP contribution in [-0.4, -0.2) is 34.8 Å². The summed E-state index contributed by atoms with van der Waals surface area (Å²) >= 11 is 0. The highest BCUT2D eigenvalue weighted by atomic mass is 19.4. The van der Waals surface area contributed by atoms with Crippen molar-refractivity contribution in [1.82, 2.24) is 15.1 Å². The van der Waals surface area contributed by atoms with Gasteiger partial charge < -0.3 is 9.15 Å². The molecule has 24 heavy (non-hydrogen) atoms. The van der Waals surface area contributed by atoms with Gasteiger partial charge in [-0.15, -0.1) is 10.2 Å². The van der Waals surface area contributed by atoms with E-state index in [9.17, 15) is 13.2 Å². The summed E-state index contributed by atoms with van der Waals surface area (Å²) in [6, 6.07) is 5.35. The first-order valence-corrected chi connectivity index (χ1v) is 7.68. The molecule has 1 aliphatic heterocycles. The maximum atomic E-state index is 13.2. The van der Waals surface area contributed by atoms with Crippen LogP contribution in [0.15, 0.2) is 28.7 Å². The molecule has 5 nitrogen and oxygen atoms in total. The van der Waals surface area contributed by atoms with Gasteiger partial charge in [-0.05, 0) is 18.6 Å². The second-order valence-corrected chi connectivity index (χ2v) is 5.77. The molecule has 0 saturated carbocycles. The van der Waals surface area contributed by atoms with Gasteiger partial charge in [0.05, 0.1) is 24.3 Å². The lowest BCUT2D eigenvalue weighted by Gasteiger charge is -2.36. The maximum Gasteiger partial charge on any atom is 0.416 e. The predicted molar refractivity (Wildman–Crippen MR) is 79.2 cm³/mol. The number of aromatic nitrogens is 2. The smallest absolute Gasteiger partial charge is 0.416 e. The van der Waals surface area contributed by atoms with Crippen LogP contribution < -0.4 is 0 Å². The van der Waals surface area contributed by atoms with E-state index >= 15 is 0 Å². The minimum atomic E-state index is -4.41. The highest BCUT2D eigenvalue weighted by Gasteiger charge is 2.37. The third-order valence-electron chi connectivity index (χ3n) is 4.16. The van der Waals surface area contributed by atoms with E-state index in [1.54, 1.807) is 13.0 Å². The number of ether oxygens (including phenoxy) is 1. The first-order chi connectivity index (χ1) is 11.4. The summed E-state index contributed by atoms with van der Waals surface area (Å²) in [5.74, 6) is 0.918. The van der Waals surface area contributed by atoms with E-state index in [1.807, 2.05) is 11.8 Å². The number of rotatable bonds is 3. The number of alkyl halides is 3. The number of benzene rings is 1. The van der Waals surface area contributed by atoms with Crippen LogP contribution in [0.3, 0.4) is 0 Å². The van der Waals surface area contributed by atoms with Gasteiger partial charge in [-0.2, -0.15) is 13.2 Å². The summed E-state index contributed by atoms with van der Waals surface area (Å²) in [7, 11) is 0. The standard InChI is InChI=1S/C16H18F3N3O2/c1-10(15-21-20-11(2)24-15)22-7-8-23-14(9-22)12-5-3-4-6-13(12)16(17,18)19/h3-6,10,14H,7-9H2,1-2H3/t10-,14-/m0/s1. The molecule has 130 valence electrons. The molecule has 0 aliphatic carbocycles. The number of hydrogen-bond acceptors (Lipinski definition) is 5. The average Bonchev–Trinajstić information content (AvgIpc) is 3.00. The van der Waals surface area contributed by atoms with Gasteiger partial charge in [0.25, 0.3) is 0 Å². The summed E-state index contributed by atoms with van der Waals surface area (Å²) in [6.45, 7) is 4.85. The topological polar surface area (TPSA) is 51.4 Å². The molecule has 1 fully saturated rings. The normalized spacial score (nSPS) is 21.0. The Bertz CT molecular complexity index is 702. The van der Waals surface area contributed by atoms with Crippen LogP contribution in [-0.2, 0) is 10.9 Å². The van der Waals surface area contributed by atoms with Gasteiger partial charge in [0.1, 0.15) is 0 Å². The zero-order valence-electron chi connectivity index (χ0n) is 13.4. The van der Waals surface area contributed by atoms with Crippen LogP contribution in [0.4, 0.5) is 13.2 Å². The molecule has 1 aromatic carbocycles. The van der Waals surface area contributed by atoms with Crippen LogP contribution in [0.2, 0.25) is 0 Å². The highest BCUT2D eigenvalue weighted by molar-refractivity contribution is 5.32. The first kappa shape index (κ1) is 16.9. The van der Waals surface area contributed by atoms with Crippen molar-refractivity contribution < 1.29 is 22.3 Å². The number of hydrogen-bond donors (Lipinski definition) is 0. The van der Waals surface area contributed by atoms with Gasteiger partial charge in [0.2, 0.25) is 11.8 Å². The predicted octanol–water partition coefficient (Wildman–Crippen LogP) is 3.53. The Morgan fingerprint density at radius 1 is 1.25 bits per heavy atom. The molecule has 1 saturated heterocycles. The lowest BCUT2D eigenvalue weighted by molar-refractivity contribution is -0.140. The number of aryl methyl sites for hydroxylation is 1. The van der Waals surface area contributed by atoms with Gasteiger partial charge in [-0.3, -0.25) is 4.90 Å². The lowest BCUT2D eigenvalue weighted by Crippen LogP contribution is -2.40. The Morgan fingerprint density at radius 3 is 2.67 bits per heavy atom. The molecule has 1 aliphatic rings. The molecular formula is C16H18F3N3O2. The molecule has 8 heteroatoms. The van der Waals surface area contributed by atoms with E-state index in [1.165, 1.54) is 12.1 Å². The van der Waals surface area contributed by atoms with Gasteiger partial charge >= 0.3 is 6.18 Å². The largest absolute Gasteiger partial charge is 0.424 e. The van der Waals surface area contributed by atoms with Crippen LogP contribution in [0.25, 0.3) is 0 Å². The molecule has 0 unspecified atom stereocenters. The minimum Gasteiger partial charge on any atom is -0.424 e. The summed E-state index contributed by atoms with van der Waals surface area (Å²) in [5, 5.41) is 7.80. The Labute approximate surface area is 137 Å². The van der Waals surface area contributed by atoms with E-state index in [4.69, 9.17) is 9.15 Å². The van der Waals surface area contributed by atoms with Crippen molar-refractivity contribution in [3.8, 4) is 0 Å². The molecule has 0 N–H and O–H groups in total. The third kappa shape index (κ3) is 3.44. The fourth-order valence-electron chi connectivity index (χ4n) is 2.88. The molecule has 2 aromatic rings. The number of halogens is 3. The van der Waals surface area contributed by atoms with Crippen molar-refractivity contribution in [3.05, 3.63) is 47.2 Å². The fraction of sp³-hybridized carbons (Fsp3) is 0.500. The van der Waals surface area contributed by atoms with Crippen LogP contribution in [0.5, 0.6) is 0 Å². The van der Waals surface area contributed by atoms with Crippen molar-refractivity contribution in [2.45, 2.75) is 32.2 Å². The summed E-state index contributed by atoms with van der Waals surface area (Å²) < 4.78 is 50.7. The zero-order chi connectivity index (χ0) is 17.3. The molecule has 0 amide bonds. The molecule has 0 radical (unpaired) electrons. The summed E-state index contributed by atoms with van der Waals surface area (Å²) in [5.41, 5.74) is -0.498. The van der Waals surface area contributed by atoms with Crippen molar-refractivity contribution >= 4 is 0 Å². The molecule has 1 aromatic heterocycles. The van der Waals surface area contributed by atoms with E-state index in [0.717, 1.165) is 6.07 Å². The Balaban J connectivity index is 1.82. The lowest BCUT2D eigenvalue weighted by atomic mass is 10.00. The molecule has 2 heterocycles. The van der Waals surface area contributed by atoms with Crippen LogP contribution >= 0.6 is 0 Å². The maximum absolute atomic E-state index is 13.2. The monoisotopic (exact) mass is 341 g/mol. The summed E-state index contributed by atoms with van der Waals surface area (Å²) in [4.78, 5) is 1.99. The van der Waals surface area contributed by atoms with Gasteiger partial charge in [-0.1, -0.05) is 18.2 Å². The van der Waals surface area contributed by atoms with Crippen LogP contribution in [0.1, 0.15) is 42.0 Å². The minimum absolute atomic E-state index is 0.156. The van der Waals surface area contributed by atoms with Crippen LogP contribution in [0, 0.1) is 6.92 Å². The Morgan fingerprint density at radius 2 is 2.00 bits per heavy atom. The van der Waals surface area contributed by atoms with Crippen molar-refractivity contribution in [3.63, 3.8) is 0 Å². The fourth-order valence-corrected chi connectivity index (χ4v) is 2.88. The molecule has 0 spiro atoms. The van der Waals surface area contributed by atoms with Crippen molar-refractivity contribution in [2.75, 3.05) is 19.7 Å². The average molecular weight is 341 g/mol. The van der Waals surface area contributed by atoms with Gasteiger partial charge in [-0.25, -0.2) is 0 Å². The van der Waals surface area contributed by atoms with E-state index < -0.39 is 17.8 Å². The molecular weight excluding hydrogens is 323 g/mol. The molecule has 2 atom stereocenters. The Kier molecular flexibility index (Phi) is 4.60. The number of morpholine rings is 1. The van der Waals surface area contributed by atoms with E-state index in [0.29, 0.717) is 31.5 Å². The SMILES string of the molecule is Cc1nnc([C@H](C)N2CCO[C@H](c3ccccc3C(F)(F)F)C2)o1. The van der Waals surface area contributed by atoms with E-state index in [2.05, 4.69) is 10.2 Å².